The van der Waals surface area contributed by atoms with Gasteiger partial charge in [0.1, 0.15) is 0 Å². The maximum Gasteiger partial charge on any atom is 0.165 e. The van der Waals surface area contributed by atoms with Crippen molar-refractivity contribution in [2.24, 2.45) is 0 Å². The molecule has 0 fully saturated rings. The Morgan fingerprint density at radius 2 is 0.784 bits per heavy atom. The minimum Gasteiger partial charge on any atom is -0.208 e. The summed E-state index contributed by atoms with van der Waals surface area (Å²) in [5.74, 6) is 2.02. The van der Waals surface area contributed by atoms with Gasteiger partial charge in [0, 0.05) is 88.3 Å². The summed E-state index contributed by atoms with van der Waals surface area (Å²) in [6.07, 6.45) is 0. The Balaban J connectivity index is 1.13. The van der Waals surface area contributed by atoms with Crippen LogP contribution in [0.15, 0.2) is 152 Å². The second kappa shape index (κ2) is 11.4. The predicted molar refractivity (Wildman–Crippen MR) is 220 cm³/mol. The van der Waals surface area contributed by atoms with E-state index in [9.17, 15) is 0 Å². The molecule has 0 aliphatic carbocycles. The Labute approximate surface area is 304 Å². The number of aromatic nitrogens is 3. The van der Waals surface area contributed by atoms with Gasteiger partial charge in [-0.25, -0.2) is 15.0 Å². The van der Waals surface area contributed by atoms with Gasteiger partial charge in [-0.1, -0.05) is 115 Å². The van der Waals surface area contributed by atoms with E-state index in [-0.39, 0.29) is 0 Å². The fourth-order valence-corrected chi connectivity index (χ4v) is 11.0. The summed E-state index contributed by atoms with van der Waals surface area (Å²) in [4.78, 5) is 15.5. The Bertz CT molecular complexity index is 3150. The third-order valence-corrected chi connectivity index (χ3v) is 13.4. The van der Waals surface area contributed by atoms with Crippen LogP contribution in [-0.4, -0.2) is 15.0 Å². The fraction of sp³-hybridized carbons (Fsp3) is 0. The van der Waals surface area contributed by atoms with Crippen molar-refractivity contribution in [3.05, 3.63) is 152 Å². The number of fused-ring (bicyclic) bond motifs is 9. The first-order valence-electron chi connectivity index (χ1n) is 16.9. The molecule has 0 spiro atoms. The van der Waals surface area contributed by atoms with E-state index in [4.69, 9.17) is 15.0 Å². The molecule has 0 radical (unpaired) electrons. The van der Waals surface area contributed by atoms with Gasteiger partial charge in [-0.3, -0.25) is 0 Å². The summed E-state index contributed by atoms with van der Waals surface area (Å²) in [5.41, 5.74) is 5.50. The first-order valence-corrected chi connectivity index (χ1v) is 19.3. The molecular weight excluding hydrogens is 679 g/mol. The van der Waals surface area contributed by atoms with Crippen LogP contribution in [-0.2, 0) is 0 Å². The fourth-order valence-electron chi connectivity index (χ4n) is 7.37. The lowest BCUT2D eigenvalue weighted by Crippen LogP contribution is -2.00. The predicted octanol–water partition coefficient (Wildman–Crippen LogP) is 13.6. The zero-order chi connectivity index (χ0) is 33.5. The Morgan fingerprint density at radius 3 is 1.51 bits per heavy atom. The van der Waals surface area contributed by atoms with Crippen molar-refractivity contribution in [3.8, 4) is 45.3 Å². The number of rotatable bonds is 4. The highest BCUT2D eigenvalue weighted by molar-refractivity contribution is 7.28. The highest BCUT2D eigenvalue weighted by Gasteiger charge is 2.20. The van der Waals surface area contributed by atoms with E-state index in [1.807, 2.05) is 52.2 Å². The average Bonchev–Trinajstić information content (AvgIpc) is 3.89. The van der Waals surface area contributed by atoms with Gasteiger partial charge in [0.25, 0.3) is 0 Å². The molecule has 0 aliphatic rings. The monoisotopic (exact) mass is 703 g/mol. The molecule has 11 rings (SSSR count). The minimum absolute atomic E-state index is 0.668. The van der Waals surface area contributed by atoms with Crippen molar-refractivity contribution in [1.29, 1.82) is 0 Å². The third-order valence-electron chi connectivity index (χ3n) is 9.76. The van der Waals surface area contributed by atoms with Gasteiger partial charge < -0.3 is 0 Å². The van der Waals surface area contributed by atoms with Crippen LogP contribution < -0.4 is 0 Å². The van der Waals surface area contributed by atoms with E-state index in [0.717, 1.165) is 16.7 Å². The maximum absolute atomic E-state index is 5.23. The van der Waals surface area contributed by atoms with Crippen molar-refractivity contribution in [3.63, 3.8) is 0 Å². The van der Waals surface area contributed by atoms with E-state index < -0.39 is 0 Å². The standard InChI is InChI=1S/C45H25N3S3/c1-2-11-26(12-3-1)43-46-44(27-23-24-39-36(25-27)29-14-5-6-21-37(29)49-39)48-45(47-43)35-20-10-19-34-33-18-9-17-32(41(33)51-42(34)35)31-16-8-15-30-28-13-4-7-22-38(28)50-40(30)31/h1-25H. The van der Waals surface area contributed by atoms with Crippen molar-refractivity contribution in [1.82, 2.24) is 15.0 Å². The number of hydrogen-bond donors (Lipinski definition) is 0. The Hall–Kier alpha value is -5.79. The quantitative estimate of drug-likeness (QED) is 0.183. The normalized spacial score (nSPS) is 11.9. The van der Waals surface area contributed by atoms with Crippen LogP contribution in [0.1, 0.15) is 0 Å². The summed E-state index contributed by atoms with van der Waals surface area (Å²) in [5, 5.41) is 7.58. The molecule has 0 amide bonds. The molecule has 0 saturated heterocycles. The SMILES string of the molecule is c1ccc(-c2nc(-c3ccc4sc5ccccc5c4c3)nc(-c3cccc4c3sc3c(-c5cccc6c5sc5ccccc56)cccc34)n2)cc1. The van der Waals surface area contributed by atoms with Gasteiger partial charge in [0.05, 0.1) is 0 Å². The molecule has 0 saturated carbocycles. The number of hydrogen-bond acceptors (Lipinski definition) is 6. The van der Waals surface area contributed by atoms with Crippen LogP contribution in [0.25, 0.3) is 106 Å². The van der Waals surface area contributed by atoms with Crippen molar-refractivity contribution < 1.29 is 0 Å². The zero-order valence-electron chi connectivity index (χ0n) is 27.0. The smallest absolute Gasteiger partial charge is 0.165 e. The molecule has 4 aromatic heterocycles. The zero-order valence-corrected chi connectivity index (χ0v) is 29.4. The van der Waals surface area contributed by atoms with Crippen molar-refractivity contribution in [2.75, 3.05) is 0 Å². The highest BCUT2D eigenvalue weighted by atomic mass is 32.1. The molecule has 0 N–H and O–H groups in total. The molecule has 0 bridgehead atoms. The van der Waals surface area contributed by atoms with E-state index in [1.54, 1.807) is 0 Å². The molecule has 0 aliphatic heterocycles. The maximum atomic E-state index is 5.23. The van der Waals surface area contributed by atoms with Gasteiger partial charge in [-0.15, -0.1) is 34.0 Å². The van der Waals surface area contributed by atoms with E-state index in [1.165, 1.54) is 71.6 Å². The third kappa shape index (κ3) is 4.58. The molecular formula is C45H25N3S3. The molecule has 7 aromatic carbocycles. The largest absolute Gasteiger partial charge is 0.208 e. The summed E-state index contributed by atoms with van der Waals surface area (Å²) in [7, 11) is 0. The van der Waals surface area contributed by atoms with Crippen LogP contribution in [0.4, 0.5) is 0 Å². The molecule has 0 atom stereocenters. The van der Waals surface area contributed by atoms with Crippen LogP contribution in [0.5, 0.6) is 0 Å². The second-order valence-electron chi connectivity index (χ2n) is 12.7. The van der Waals surface area contributed by atoms with Crippen LogP contribution in [0.2, 0.25) is 0 Å². The molecule has 51 heavy (non-hydrogen) atoms. The summed E-state index contributed by atoms with van der Waals surface area (Å²) >= 11 is 5.53. The van der Waals surface area contributed by atoms with Crippen molar-refractivity contribution >= 4 is 94.5 Å². The Kier molecular flexibility index (Phi) is 6.46. The van der Waals surface area contributed by atoms with E-state index >= 15 is 0 Å². The summed E-state index contributed by atoms with van der Waals surface area (Å²) in [6.45, 7) is 0. The lowest BCUT2D eigenvalue weighted by atomic mass is 10.00. The van der Waals surface area contributed by atoms with Gasteiger partial charge in [0.2, 0.25) is 0 Å². The second-order valence-corrected chi connectivity index (χ2v) is 15.9. The van der Waals surface area contributed by atoms with Gasteiger partial charge in [-0.05, 0) is 36.4 Å². The average molecular weight is 704 g/mol. The van der Waals surface area contributed by atoms with Crippen LogP contribution in [0, 0.1) is 0 Å². The molecule has 3 nitrogen and oxygen atoms in total. The molecule has 238 valence electrons. The van der Waals surface area contributed by atoms with E-state index in [0.29, 0.717) is 17.5 Å². The number of thiophene rings is 3. The lowest BCUT2D eigenvalue weighted by molar-refractivity contribution is 1.08. The highest BCUT2D eigenvalue weighted by Crippen LogP contribution is 2.47. The first kappa shape index (κ1) is 29.0. The van der Waals surface area contributed by atoms with Crippen molar-refractivity contribution in [2.45, 2.75) is 0 Å². The molecule has 4 heterocycles. The Morgan fingerprint density at radius 1 is 0.294 bits per heavy atom. The van der Waals surface area contributed by atoms with Gasteiger partial charge in [-0.2, -0.15) is 0 Å². The molecule has 11 aromatic rings. The molecule has 0 unspecified atom stereocenters. The van der Waals surface area contributed by atoms with Gasteiger partial charge >= 0.3 is 0 Å². The topological polar surface area (TPSA) is 38.7 Å². The number of benzene rings is 7. The lowest BCUT2D eigenvalue weighted by Gasteiger charge is -2.09. The minimum atomic E-state index is 0.668. The summed E-state index contributed by atoms with van der Waals surface area (Å²) in [6, 6.07) is 54.1. The number of nitrogens with zero attached hydrogens (tertiary/aromatic N) is 3. The van der Waals surface area contributed by atoms with Crippen LogP contribution in [0.3, 0.4) is 0 Å². The van der Waals surface area contributed by atoms with Crippen LogP contribution >= 0.6 is 34.0 Å². The van der Waals surface area contributed by atoms with E-state index in [2.05, 4.69) is 133 Å². The first-order chi connectivity index (χ1) is 25.3. The summed E-state index contributed by atoms with van der Waals surface area (Å²) < 4.78 is 7.64. The van der Waals surface area contributed by atoms with Gasteiger partial charge in [0.15, 0.2) is 17.5 Å². The molecule has 6 heteroatoms.